The van der Waals surface area contributed by atoms with E-state index in [2.05, 4.69) is 11.7 Å². The molecule has 198 valence electrons. The average molecular weight is 509 g/mol. The van der Waals surface area contributed by atoms with Crippen LogP contribution in [-0.4, -0.2) is 0 Å². The molecule has 0 aliphatic heterocycles. The predicted octanol–water partition coefficient (Wildman–Crippen LogP) is 9.58. The Hall–Kier alpha value is -2.11. The second kappa shape index (κ2) is 12.0. The van der Waals surface area contributed by atoms with Gasteiger partial charge < -0.3 is 4.74 Å². The topological polar surface area (TPSA) is 9.23 Å². The summed E-state index contributed by atoms with van der Waals surface area (Å²) in [4.78, 5) is 0. The highest BCUT2D eigenvalue weighted by Gasteiger charge is 2.35. The van der Waals surface area contributed by atoms with E-state index in [0.717, 1.165) is 36.2 Å². The lowest BCUT2D eigenvalue weighted by molar-refractivity contribution is -0.185. The van der Waals surface area contributed by atoms with Gasteiger partial charge in [-0.15, -0.1) is 0 Å². The van der Waals surface area contributed by atoms with E-state index in [1.807, 2.05) is 0 Å². The summed E-state index contributed by atoms with van der Waals surface area (Å²) >= 11 is 0. The van der Waals surface area contributed by atoms with E-state index in [1.165, 1.54) is 76.3 Å². The van der Waals surface area contributed by atoms with E-state index in [4.69, 9.17) is 0 Å². The summed E-state index contributed by atoms with van der Waals surface area (Å²) in [7, 11) is 0. The highest BCUT2D eigenvalue weighted by Crippen LogP contribution is 2.43. The zero-order valence-corrected chi connectivity index (χ0v) is 21.1. The third kappa shape index (κ3) is 6.80. The van der Waals surface area contributed by atoms with Crippen molar-refractivity contribution < 1.29 is 26.7 Å². The summed E-state index contributed by atoms with van der Waals surface area (Å²) < 4.78 is 73.2. The number of hydrogen-bond acceptors (Lipinski definition) is 1. The Balaban J connectivity index is 1.23. The van der Waals surface area contributed by atoms with Crippen molar-refractivity contribution in [2.45, 2.75) is 90.1 Å². The minimum absolute atomic E-state index is 0.410. The van der Waals surface area contributed by atoms with E-state index in [0.29, 0.717) is 18.1 Å². The van der Waals surface area contributed by atoms with Gasteiger partial charge in [0.05, 0.1) is 5.56 Å². The van der Waals surface area contributed by atoms with Gasteiger partial charge in [-0.25, -0.2) is 13.2 Å². The molecule has 1 nitrogen and oxygen atoms in total. The second-order valence-electron chi connectivity index (χ2n) is 10.9. The van der Waals surface area contributed by atoms with E-state index in [-0.39, 0.29) is 0 Å². The summed E-state index contributed by atoms with van der Waals surface area (Å²) in [6, 6.07) is 6.67. The van der Waals surface area contributed by atoms with Crippen molar-refractivity contribution >= 4 is 0 Å². The van der Waals surface area contributed by atoms with Crippen molar-refractivity contribution in [2.75, 3.05) is 0 Å². The zero-order chi connectivity index (χ0) is 25.7. The van der Waals surface area contributed by atoms with Gasteiger partial charge in [0.15, 0.2) is 17.5 Å². The molecule has 0 heterocycles. The summed E-state index contributed by atoms with van der Waals surface area (Å²) in [6.45, 7) is 2.29. The molecule has 0 bridgehead atoms. The van der Waals surface area contributed by atoms with Crippen LogP contribution >= 0.6 is 0 Å². The molecule has 0 atom stereocenters. The fourth-order valence-electron chi connectivity index (χ4n) is 6.34. The normalized spacial score (nSPS) is 25.1. The number of alkyl halides is 2. The predicted molar refractivity (Wildman–Crippen MR) is 131 cm³/mol. The first kappa shape index (κ1) is 26.9. The molecular formula is C30H37F5O. The summed E-state index contributed by atoms with van der Waals surface area (Å²) in [5, 5.41) is 0. The van der Waals surface area contributed by atoms with Gasteiger partial charge in [0.2, 0.25) is 0 Å². The number of ether oxygens (including phenoxy) is 1. The average Bonchev–Trinajstić information content (AvgIpc) is 2.87. The van der Waals surface area contributed by atoms with Crippen molar-refractivity contribution in [2.24, 2.45) is 23.7 Å². The molecule has 0 N–H and O–H groups in total. The van der Waals surface area contributed by atoms with E-state index in [1.54, 1.807) is 12.1 Å². The fraction of sp³-hybridized carbons (Fsp3) is 0.600. The lowest BCUT2D eigenvalue weighted by atomic mass is 9.68. The summed E-state index contributed by atoms with van der Waals surface area (Å²) in [5.74, 6) is -2.22. The Morgan fingerprint density at radius 2 is 1.25 bits per heavy atom. The van der Waals surface area contributed by atoms with Gasteiger partial charge in [-0.05, 0) is 79.9 Å². The van der Waals surface area contributed by atoms with Gasteiger partial charge in [0.25, 0.3) is 0 Å². The van der Waals surface area contributed by atoms with Crippen LogP contribution in [0.2, 0.25) is 0 Å². The lowest BCUT2D eigenvalue weighted by Gasteiger charge is -2.38. The molecule has 2 aliphatic rings. The maximum Gasteiger partial charge on any atom is 0.426 e. The van der Waals surface area contributed by atoms with Gasteiger partial charge in [-0.2, -0.15) is 8.78 Å². The van der Waals surface area contributed by atoms with E-state index in [9.17, 15) is 22.0 Å². The molecule has 0 unspecified atom stereocenters. The second-order valence-corrected chi connectivity index (χ2v) is 10.9. The molecule has 2 aromatic rings. The molecule has 2 aromatic carbocycles. The van der Waals surface area contributed by atoms with Crippen molar-refractivity contribution in [3.63, 3.8) is 0 Å². The van der Waals surface area contributed by atoms with Crippen LogP contribution in [0.3, 0.4) is 0 Å². The minimum atomic E-state index is -3.80. The first-order valence-corrected chi connectivity index (χ1v) is 13.6. The van der Waals surface area contributed by atoms with Crippen LogP contribution in [0.5, 0.6) is 5.75 Å². The smallest absolute Gasteiger partial charge is 0.426 e. The van der Waals surface area contributed by atoms with Crippen LogP contribution < -0.4 is 4.74 Å². The highest BCUT2D eigenvalue weighted by atomic mass is 19.3. The molecule has 4 rings (SSSR count). The van der Waals surface area contributed by atoms with E-state index >= 15 is 0 Å². The number of rotatable bonds is 9. The third-order valence-corrected chi connectivity index (χ3v) is 8.48. The van der Waals surface area contributed by atoms with Crippen LogP contribution in [0, 0.1) is 41.1 Å². The first-order valence-electron chi connectivity index (χ1n) is 13.6. The van der Waals surface area contributed by atoms with Crippen LogP contribution in [0.4, 0.5) is 22.0 Å². The maximum absolute atomic E-state index is 14.5. The number of hydrogen-bond donors (Lipinski definition) is 0. The molecule has 0 aromatic heterocycles. The minimum Gasteiger partial charge on any atom is -0.429 e. The van der Waals surface area contributed by atoms with Crippen molar-refractivity contribution in [3.8, 4) is 5.75 Å². The molecule has 0 spiro atoms. The SMILES string of the molecule is CCC[C@H]1CC[C@H](C2CCC(CCc3ccc(C(F)(F)Oc4cc(F)c(F)c(F)c4)cc3)CC2)CC1. The molecule has 2 saturated carbocycles. The third-order valence-electron chi connectivity index (χ3n) is 8.48. The number of aryl methyl sites for hydroxylation is 1. The van der Waals surface area contributed by atoms with Gasteiger partial charge in [-0.1, -0.05) is 57.6 Å². The largest absolute Gasteiger partial charge is 0.429 e. The van der Waals surface area contributed by atoms with Crippen molar-refractivity contribution in [3.05, 3.63) is 65.0 Å². The quantitative estimate of drug-likeness (QED) is 0.242. The molecule has 2 aliphatic carbocycles. The molecule has 0 radical (unpaired) electrons. The first-order chi connectivity index (χ1) is 17.2. The summed E-state index contributed by atoms with van der Waals surface area (Å²) in [6.07, 6.45) is 11.6. The van der Waals surface area contributed by atoms with Crippen LogP contribution in [0.15, 0.2) is 36.4 Å². The highest BCUT2D eigenvalue weighted by molar-refractivity contribution is 5.29. The van der Waals surface area contributed by atoms with Crippen molar-refractivity contribution in [1.29, 1.82) is 0 Å². The molecule has 36 heavy (non-hydrogen) atoms. The Kier molecular flexibility index (Phi) is 8.95. The Morgan fingerprint density at radius 1 is 0.750 bits per heavy atom. The molecule has 0 saturated heterocycles. The van der Waals surface area contributed by atoms with Gasteiger partial charge in [-0.3, -0.25) is 0 Å². The van der Waals surface area contributed by atoms with Gasteiger partial charge in [0.1, 0.15) is 5.75 Å². The number of halogens is 5. The lowest BCUT2D eigenvalue weighted by Crippen LogP contribution is -2.26. The number of benzene rings is 2. The van der Waals surface area contributed by atoms with Crippen LogP contribution in [0.25, 0.3) is 0 Å². The van der Waals surface area contributed by atoms with Gasteiger partial charge >= 0.3 is 6.11 Å². The van der Waals surface area contributed by atoms with Gasteiger partial charge in [0, 0.05) is 12.1 Å². The molecular weight excluding hydrogens is 471 g/mol. The summed E-state index contributed by atoms with van der Waals surface area (Å²) in [5.41, 5.74) is 0.551. The van der Waals surface area contributed by atoms with Crippen LogP contribution in [-0.2, 0) is 12.5 Å². The van der Waals surface area contributed by atoms with Crippen LogP contribution in [0.1, 0.15) is 88.7 Å². The fourth-order valence-corrected chi connectivity index (χ4v) is 6.34. The van der Waals surface area contributed by atoms with E-state index < -0.39 is 34.9 Å². The monoisotopic (exact) mass is 508 g/mol. The Bertz CT molecular complexity index is 950. The zero-order valence-electron chi connectivity index (χ0n) is 21.1. The molecule has 6 heteroatoms. The molecule has 2 fully saturated rings. The molecule has 0 amide bonds. The van der Waals surface area contributed by atoms with Crippen molar-refractivity contribution in [1.82, 2.24) is 0 Å². The standard InChI is InChI=1S/C30H37F5O/c1-2-3-20-6-12-23(13-7-20)24-14-8-21(9-15-24)4-5-22-10-16-25(17-11-22)30(34,35)36-26-18-27(31)29(33)28(32)19-26/h10-11,16-21,23-24H,2-9,12-15H2,1H3/t20-,21?,23-,24?. The Morgan fingerprint density at radius 3 is 1.75 bits per heavy atom. The Labute approximate surface area is 211 Å². The maximum atomic E-state index is 14.5.